The molecule has 1 aliphatic rings. The lowest BCUT2D eigenvalue weighted by Crippen LogP contribution is -2.39. The van der Waals surface area contributed by atoms with Crippen molar-refractivity contribution in [1.82, 2.24) is 4.90 Å². The molecule has 0 aromatic heterocycles. The Morgan fingerprint density at radius 3 is 2.71 bits per heavy atom. The van der Waals surface area contributed by atoms with E-state index in [1.807, 2.05) is 0 Å². The number of likely N-dealkylation sites (tertiary alicyclic amines) is 1. The number of aliphatic hydroxyl groups is 1. The van der Waals surface area contributed by atoms with Crippen LogP contribution in [0.2, 0.25) is 0 Å². The Balaban J connectivity index is 1.89. The number of rotatable bonds is 7. The number of nitrogens with zero attached hydrogens (tertiary/aromatic N) is 1. The van der Waals surface area contributed by atoms with Gasteiger partial charge in [-0.05, 0) is 37.1 Å². The summed E-state index contributed by atoms with van der Waals surface area (Å²) in [5, 5.41) is 17.8. The van der Waals surface area contributed by atoms with Crippen LogP contribution in [0.15, 0.2) is 24.3 Å². The smallest absolute Gasteiger partial charge is 0.335 e. The number of hydrogen-bond donors (Lipinski definition) is 2. The highest BCUT2D eigenvalue weighted by Crippen LogP contribution is 2.24. The highest BCUT2D eigenvalue weighted by molar-refractivity contribution is 6.21. The van der Waals surface area contributed by atoms with E-state index in [9.17, 15) is 4.79 Å². The molecule has 1 aromatic carbocycles. The Bertz CT molecular complexity index is 465. The lowest BCUT2D eigenvalue weighted by molar-refractivity contribution is 0.0697. The summed E-state index contributed by atoms with van der Waals surface area (Å²) in [7, 11) is 0. The number of benzene rings is 1. The summed E-state index contributed by atoms with van der Waals surface area (Å²) in [5.74, 6) is -0.314. The van der Waals surface area contributed by atoms with Crippen LogP contribution in [0.4, 0.5) is 0 Å². The summed E-state index contributed by atoms with van der Waals surface area (Å²) in [6.45, 7) is 2.37. The van der Waals surface area contributed by atoms with E-state index in [1.54, 1.807) is 12.1 Å². The van der Waals surface area contributed by atoms with Crippen molar-refractivity contribution in [3.8, 4) is 5.75 Å². The number of alkyl halides is 1. The van der Waals surface area contributed by atoms with Gasteiger partial charge in [0.2, 0.25) is 0 Å². The first kappa shape index (κ1) is 16.1. The first-order valence-electron chi connectivity index (χ1n) is 7.07. The molecule has 1 aliphatic heterocycles. The Labute approximate surface area is 129 Å². The van der Waals surface area contributed by atoms with Crippen molar-refractivity contribution in [3.05, 3.63) is 29.8 Å². The van der Waals surface area contributed by atoms with Crippen LogP contribution in [-0.4, -0.2) is 58.8 Å². The lowest BCUT2D eigenvalue weighted by Gasteiger charge is -2.25. The second kappa shape index (κ2) is 7.64. The molecule has 1 saturated heterocycles. The fourth-order valence-corrected chi connectivity index (χ4v) is 2.84. The number of aliphatic hydroxyl groups excluding tert-OH is 1. The molecule has 0 amide bonds. The Kier molecular flexibility index (Phi) is 5.85. The van der Waals surface area contributed by atoms with Crippen LogP contribution >= 0.6 is 11.6 Å². The number of carbonyl (C=O) groups is 1. The fraction of sp³-hybridized carbons (Fsp3) is 0.533. The van der Waals surface area contributed by atoms with Gasteiger partial charge in [-0.1, -0.05) is 0 Å². The molecule has 6 heteroatoms. The molecular formula is C15H20ClNO4. The minimum absolute atomic E-state index is 0.0435. The largest absolute Gasteiger partial charge is 0.492 e. The molecule has 21 heavy (non-hydrogen) atoms. The van der Waals surface area contributed by atoms with E-state index < -0.39 is 5.97 Å². The third-order valence-corrected chi connectivity index (χ3v) is 4.21. The van der Waals surface area contributed by atoms with E-state index >= 15 is 0 Å². The zero-order valence-electron chi connectivity index (χ0n) is 11.7. The molecule has 0 bridgehead atoms. The predicted molar refractivity (Wildman–Crippen MR) is 80.2 cm³/mol. The monoisotopic (exact) mass is 313 g/mol. The molecule has 0 radical (unpaired) electrons. The molecule has 116 valence electrons. The van der Waals surface area contributed by atoms with Gasteiger partial charge >= 0.3 is 5.97 Å². The second-order valence-corrected chi connectivity index (χ2v) is 5.69. The van der Waals surface area contributed by atoms with E-state index in [0.717, 1.165) is 25.9 Å². The highest BCUT2D eigenvalue weighted by atomic mass is 35.5. The van der Waals surface area contributed by atoms with Crippen molar-refractivity contribution in [2.75, 3.05) is 26.3 Å². The normalized spacial score (nSPS) is 22.4. The van der Waals surface area contributed by atoms with E-state index in [-0.39, 0.29) is 23.6 Å². The lowest BCUT2D eigenvalue weighted by atomic mass is 10.2. The highest BCUT2D eigenvalue weighted by Gasteiger charge is 2.32. The van der Waals surface area contributed by atoms with Gasteiger partial charge in [0.15, 0.2) is 0 Å². The maximum absolute atomic E-state index is 10.8. The van der Waals surface area contributed by atoms with Crippen molar-refractivity contribution >= 4 is 17.6 Å². The van der Waals surface area contributed by atoms with Crippen LogP contribution in [0.3, 0.4) is 0 Å². The molecule has 0 saturated carbocycles. The molecule has 5 nitrogen and oxygen atoms in total. The summed E-state index contributed by atoms with van der Waals surface area (Å²) in [5.41, 5.74) is 0.239. The molecule has 0 aliphatic carbocycles. The van der Waals surface area contributed by atoms with Gasteiger partial charge in [-0.3, -0.25) is 4.90 Å². The zero-order chi connectivity index (χ0) is 15.2. The molecular weight excluding hydrogens is 294 g/mol. The van der Waals surface area contributed by atoms with Crippen LogP contribution < -0.4 is 4.74 Å². The van der Waals surface area contributed by atoms with Gasteiger partial charge in [0.05, 0.1) is 17.0 Å². The molecule has 1 heterocycles. The van der Waals surface area contributed by atoms with Crippen LogP contribution in [0.5, 0.6) is 5.75 Å². The fourth-order valence-electron chi connectivity index (χ4n) is 2.51. The summed E-state index contributed by atoms with van der Waals surface area (Å²) in [6.07, 6.45) is 1.65. The standard InChI is InChI=1S/C15H20ClNO4/c16-13-6-8-17(7-1-9-18)14(13)10-21-12-4-2-11(3-5-12)15(19)20/h2-5,13-14,18H,1,6-10H2,(H,19,20)/t13-,14-/m0/s1. The quantitative estimate of drug-likeness (QED) is 0.752. The van der Waals surface area contributed by atoms with Gasteiger partial charge in [0, 0.05) is 19.7 Å². The Hall–Kier alpha value is -1.30. The number of halogens is 1. The number of carboxylic acid groups (broad SMARTS) is 1. The van der Waals surface area contributed by atoms with Gasteiger partial charge in [-0.15, -0.1) is 11.6 Å². The maximum Gasteiger partial charge on any atom is 0.335 e. The molecule has 0 spiro atoms. The topological polar surface area (TPSA) is 70.0 Å². The van der Waals surface area contributed by atoms with E-state index in [2.05, 4.69) is 4.90 Å². The average molecular weight is 314 g/mol. The molecule has 0 unspecified atom stereocenters. The zero-order valence-corrected chi connectivity index (χ0v) is 12.5. The summed E-state index contributed by atoms with van der Waals surface area (Å²) < 4.78 is 5.72. The molecule has 1 aromatic rings. The van der Waals surface area contributed by atoms with Gasteiger partial charge < -0.3 is 14.9 Å². The molecule has 2 atom stereocenters. The first-order valence-corrected chi connectivity index (χ1v) is 7.50. The van der Waals surface area contributed by atoms with Crippen molar-refractivity contribution in [1.29, 1.82) is 0 Å². The molecule has 1 fully saturated rings. The SMILES string of the molecule is O=C(O)c1ccc(OC[C@H]2[C@@H](Cl)CCN2CCCO)cc1. The average Bonchev–Trinajstić information content (AvgIpc) is 2.83. The van der Waals surface area contributed by atoms with Crippen molar-refractivity contribution in [2.45, 2.75) is 24.3 Å². The van der Waals surface area contributed by atoms with Crippen LogP contribution in [0.25, 0.3) is 0 Å². The maximum atomic E-state index is 10.8. The number of hydrogen-bond acceptors (Lipinski definition) is 4. The van der Waals surface area contributed by atoms with E-state index in [1.165, 1.54) is 12.1 Å². The molecule has 2 rings (SSSR count). The van der Waals surface area contributed by atoms with Gasteiger partial charge in [0.1, 0.15) is 12.4 Å². The van der Waals surface area contributed by atoms with Gasteiger partial charge in [-0.25, -0.2) is 4.79 Å². The van der Waals surface area contributed by atoms with Crippen LogP contribution in [0.1, 0.15) is 23.2 Å². The number of carboxylic acids is 1. The van der Waals surface area contributed by atoms with Crippen LogP contribution in [-0.2, 0) is 0 Å². The van der Waals surface area contributed by atoms with Crippen molar-refractivity contribution < 1.29 is 19.7 Å². The third kappa shape index (κ3) is 4.33. The third-order valence-electron chi connectivity index (χ3n) is 3.70. The first-order chi connectivity index (χ1) is 10.1. The van der Waals surface area contributed by atoms with Crippen molar-refractivity contribution in [3.63, 3.8) is 0 Å². The van der Waals surface area contributed by atoms with Gasteiger partial charge in [0.25, 0.3) is 0 Å². The minimum atomic E-state index is -0.951. The molecule has 2 N–H and O–H groups in total. The van der Waals surface area contributed by atoms with Gasteiger partial charge in [-0.2, -0.15) is 0 Å². The Morgan fingerprint density at radius 1 is 1.38 bits per heavy atom. The minimum Gasteiger partial charge on any atom is -0.492 e. The second-order valence-electron chi connectivity index (χ2n) is 5.13. The predicted octanol–water partition coefficient (Wildman–Crippen LogP) is 1.83. The van der Waals surface area contributed by atoms with E-state index in [0.29, 0.717) is 12.4 Å². The summed E-state index contributed by atoms with van der Waals surface area (Å²) in [6, 6.07) is 6.47. The van der Waals surface area contributed by atoms with E-state index in [4.69, 9.17) is 26.6 Å². The summed E-state index contributed by atoms with van der Waals surface area (Å²) >= 11 is 6.32. The van der Waals surface area contributed by atoms with Crippen LogP contribution in [0, 0.1) is 0 Å². The van der Waals surface area contributed by atoms with Crippen molar-refractivity contribution in [2.24, 2.45) is 0 Å². The number of ether oxygens (including phenoxy) is 1. The summed E-state index contributed by atoms with van der Waals surface area (Å²) in [4.78, 5) is 13.0. The Morgan fingerprint density at radius 2 is 2.10 bits per heavy atom. The number of aromatic carboxylic acids is 1.